The minimum atomic E-state index is -0.0708. The molecule has 0 aliphatic carbocycles. The van der Waals surface area contributed by atoms with Crippen LogP contribution in [0.15, 0.2) is 67.0 Å². The second kappa shape index (κ2) is 6.68. The van der Waals surface area contributed by atoms with Gasteiger partial charge in [-0.1, -0.05) is 24.3 Å². The smallest absolute Gasteiger partial charge is 0.169 e. The molecule has 2 aromatic heterocycles. The van der Waals surface area contributed by atoms with Gasteiger partial charge in [-0.2, -0.15) is 0 Å². The summed E-state index contributed by atoms with van der Waals surface area (Å²) in [6, 6.07) is 16.0. The van der Waals surface area contributed by atoms with Crippen LogP contribution >= 0.6 is 0 Å². The summed E-state index contributed by atoms with van der Waals surface area (Å²) in [6.45, 7) is 0.543. The predicted molar refractivity (Wildman–Crippen MR) is 99.9 cm³/mol. The van der Waals surface area contributed by atoms with Gasteiger partial charge in [0.2, 0.25) is 0 Å². The summed E-state index contributed by atoms with van der Waals surface area (Å²) in [7, 11) is 0. The van der Waals surface area contributed by atoms with Crippen LogP contribution in [0.2, 0.25) is 0 Å². The SMILES string of the molecule is Oc1cccc(O)c1-c1nc(NCc2cccnc2)c2ccccc2n1. The number of hydrogen-bond acceptors (Lipinski definition) is 6. The Morgan fingerprint density at radius 3 is 2.42 bits per heavy atom. The zero-order chi connectivity index (χ0) is 17.9. The number of para-hydroxylation sites is 1. The van der Waals surface area contributed by atoms with Gasteiger partial charge in [-0.3, -0.25) is 4.98 Å². The Hall–Kier alpha value is -3.67. The molecule has 0 atom stereocenters. The van der Waals surface area contributed by atoms with Crippen LogP contribution < -0.4 is 5.32 Å². The highest BCUT2D eigenvalue weighted by Gasteiger charge is 2.15. The van der Waals surface area contributed by atoms with Gasteiger partial charge in [0.25, 0.3) is 0 Å². The highest BCUT2D eigenvalue weighted by Crippen LogP contribution is 2.36. The molecule has 4 rings (SSSR count). The lowest BCUT2D eigenvalue weighted by atomic mass is 10.1. The van der Waals surface area contributed by atoms with E-state index < -0.39 is 0 Å². The molecule has 2 aromatic carbocycles. The van der Waals surface area contributed by atoms with Crippen LogP contribution in [-0.4, -0.2) is 25.2 Å². The van der Waals surface area contributed by atoms with E-state index in [0.717, 1.165) is 10.9 Å². The number of benzene rings is 2. The van der Waals surface area contributed by atoms with E-state index in [-0.39, 0.29) is 22.9 Å². The van der Waals surface area contributed by atoms with Gasteiger partial charge in [0.1, 0.15) is 22.9 Å². The van der Waals surface area contributed by atoms with E-state index in [1.54, 1.807) is 18.5 Å². The fourth-order valence-corrected chi connectivity index (χ4v) is 2.77. The lowest BCUT2D eigenvalue weighted by molar-refractivity contribution is 0.453. The number of nitrogens with one attached hydrogen (secondary N) is 1. The van der Waals surface area contributed by atoms with E-state index in [0.29, 0.717) is 17.9 Å². The first-order chi connectivity index (χ1) is 12.7. The molecule has 0 unspecified atom stereocenters. The van der Waals surface area contributed by atoms with Crippen molar-refractivity contribution in [2.24, 2.45) is 0 Å². The second-order valence-corrected chi connectivity index (χ2v) is 5.80. The number of aromatic hydroxyl groups is 2. The summed E-state index contributed by atoms with van der Waals surface area (Å²) in [5.74, 6) is 0.738. The first-order valence-corrected chi connectivity index (χ1v) is 8.13. The van der Waals surface area contributed by atoms with Crippen LogP contribution in [0.3, 0.4) is 0 Å². The van der Waals surface area contributed by atoms with Gasteiger partial charge >= 0.3 is 0 Å². The Labute approximate surface area is 149 Å². The summed E-state index contributed by atoms with van der Waals surface area (Å²) >= 11 is 0. The van der Waals surface area contributed by atoms with Crippen LogP contribution in [0.1, 0.15) is 5.56 Å². The van der Waals surface area contributed by atoms with E-state index in [1.165, 1.54) is 12.1 Å². The first kappa shape index (κ1) is 15.8. The Balaban J connectivity index is 1.81. The molecule has 0 saturated heterocycles. The third-order valence-corrected chi connectivity index (χ3v) is 4.03. The lowest BCUT2D eigenvalue weighted by Crippen LogP contribution is -2.04. The van der Waals surface area contributed by atoms with E-state index in [9.17, 15) is 10.2 Å². The van der Waals surface area contributed by atoms with Gasteiger partial charge in [-0.15, -0.1) is 0 Å². The maximum absolute atomic E-state index is 10.1. The number of rotatable bonds is 4. The molecule has 0 saturated carbocycles. The minimum Gasteiger partial charge on any atom is -0.507 e. The third-order valence-electron chi connectivity index (χ3n) is 4.03. The molecule has 0 aliphatic rings. The van der Waals surface area contributed by atoms with Crippen molar-refractivity contribution >= 4 is 16.7 Å². The van der Waals surface area contributed by atoms with Crippen LogP contribution in [0.5, 0.6) is 11.5 Å². The first-order valence-electron chi connectivity index (χ1n) is 8.13. The molecule has 26 heavy (non-hydrogen) atoms. The molecular weight excluding hydrogens is 328 g/mol. The largest absolute Gasteiger partial charge is 0.507 e. The van der Waals surface area contributed by atoms with Gasteiger partial charge in [0, 0.05) is 24.3 Å². The van der Waals surface area contributed by atoms with Crippen LogP contribution in [0.4, 0.5) is 5.82 Å². The van der Waals surface area contributed by atoms with Gasteiger partial charge in [-0.05, 0) is 35.9 Å². The molecule has 128 valence electrons. The summed E-state index contributed by atoms with van der Waals surface area (Å²) in [4.78, 5) is 13.2. The fraction of sp³-hybridized carbons (Fsp3) is 0.0500. The second-order valence-electron chi connectivity index (χ2n) is 5.80. The van der Waals surface area contributed by atoms with Crippen LogP contribution in [0, 0.1) is 0 Å². The van der Waals surface area contributed by atoms with E-state index in [2.05, 4.69) is 20.3 Å². The van der Waals surface area contributed by atoms with Gasteiger partial charge in [0.05, 0.1) is 5.52 Å². The summed E-state index contributed by atoms with van der Waals surface area (Å²) in [5.41, 5.74) is 1.94. The number of nitrogens with zero attached hydrogens (tertiary/aromatic N) is 3. The molecule has 0 bridgehead atoms. The average molecular weight is 344 g/mol. The van der Waals surface area contributed by atoms with Gasteiger partial charge in [-0.25, -0.2) is 9.97 Å². The van der Waals surface area contributed by atoms with Crippen LogP contribution in [0.25, 0.3) is 22.3 Å². The molecule has 0 spiro atoms. The molecule has 0 fully saturated rings. The fourth-order valence-electron chi connectivity index (χ4n) is 2.77. The number of hydrogen-bond donors (Lipinski definition) is 3. The molecule has 6 heteroatoms. The van der Waals surface area contributed by atoms with E-state index in [4.69, 9.17) is 0 Å². The molecule has 2 heterocycles. The predicted octanol–water partition coefficient (Wildman–Crippen LogP) is 3.72. The molecular formula is C20H16N4O2. The van der Waals surface area contributed by atoms with Crippen molar-refractivity contribution in [1.82, 2.24) is 15.0 Å². The van der Waals surface area contributed by atoms with Gasteiger partial charge in [0.15, 0.2) is 5.82 Å². The van der Waals surface area contributed by atoms with Crippen molar-refractivity contribution in [1.29, 1.82) is 0 Å². The molecule has 3 N–H and O–H groups in total. The monoisotopic (exact) mass is 344 g/mol. The van der Waals surface area contributed by atoms with Crippen molar-refractivity contribution in [3.05, 3.63) is 72.6 Å². The zero-order valence-corrected chi connectivity index (χ0v) is 13.8. The van der Waals surface area contributed by atoms with Crippen LogP contribution in [-0.2, 0) is 6.54 Å². The van der Waals surface area contributed by atoms with E-state index in [1.807, 2.05) is 36.4 Å². The number of pyridine rings is 1. The molecule has 0 radical (unpaired) electrons. The van der Waals surface area contributed by atoms with Crippen molar-refractivity contribution in [3.8, 4) is 22.9 Å². The molecule has 4 aromatic rings. The molecule has 6 nitrogen and oxygen atoms in total. The van der Waals surface area contributed by atoms with E-state index >= 15 is 0 Å². The summed E-state index contributed by atoms with van der Waals surface area (Å²) in [5, 5.41) is 24.4. The zero-order valence-electron chi connectivity index (χ0n) is 13.8. The quantitative estimate of drug-likeness (QED) is 0.523. The van der Waals surface area contributed by atoms with Crippen molar-refractivity contribution < 1.29 is 10.2 Å². The highest BCUT2D eigenvalue weighted by molar-refractivity contribution is 5.91. The average Bonchev–Trinajstić information content (AvgIpc) is 2.67. The number of phenolic OH excluding ortho intramolecular Hbond substituents is 2. The third kappa shape index (κ3) is 3.00. The Bertz CT molecular complexity index is 1050. The summed E-state index contributed by atoms with van der Waals surface area (Å²) < 4.78 is 0. The number of aromatic nitrogens is 3. The topological polar surface area (TPSA) is 91.2 Å². The number of fused-ring (bicyclic) bond motifs is 1. The highest BCUT2D eigenvalue weighted by atomic mass is 16.3. The lowest BCUT2D eigenvalue weighted by Gasteiger charge is -2.12. The number of anilines is 1. The molecule has 0 amide bonds. The van der Waals surface area contributed by atoms with Crippen molar-refractivity contribution in [2.75, 3.05) is 5.32 Å². The number of phenols is 2. The Kier molecular flexibility index (Phi) is 4.07. The molecule has 0 aliphatic heterocycles. The normalized spacial score (nSPS) is 10.8. The Morgan fingerprint density at radius 1 is 0.846 bits per heavy atom. The standard InChI is InChI=1S/C20H16N4O2/c25-16-8-3-9-17(26)18(16)20-23-15-7-2-1-6-14(15)19(24-20)22-12-13-5-4-10-21-11-13/h1-11,25-26H,12H2,(H,22,23,24). The van der Waals surface area contributed by atoms with Crippen molar-refractivity contribution in [3.63, 3.8) is 0 Å². The maximum Gasteiger partial charge on any atom is 0.169 e. The Morgan fingerprint density at radius 2 is 1.65 bits per heavy atom. The van der Waals surface area contributed by atoms with Gasteiger partial charge < -0.3 is 15.5 Å². The van der Waals surface area contributed by atoms with Crippen molar-refractivity contribution in [2.45, 2.75) is 6.54 Å². The summed E-state index contributed by atoms with van der Waals surface area (Å²) in [6.07, 6.45) is 3.51. The minimum absolute atomic E-state index is 0.0708. The maximum atomic E-state index is 10.1.